The maximum Gasteiger partial charge on any atom is 0.337 e. The Bertz CT molecular complexity index is 1050. The number of nitrogens with one attached hydrogen (secondary N) is 2. The molecule has 0 saturated carbocycles. The van der Waals surface area contributed by atoms with Crippen molar-refractivity contribution in [1.29, 1.82) is 0 Å². The molecule has 1 heterocycles. The molecular weight excluding hydrogens is 336 g/mol. The van der Waals surface area contributed by atoms with E-state index in [0.29, 0.717) is 21.9 Å². The number of aromatic amines is 1. The Labute approximate surface area is 147 Å². The minimum absolute atomic E-state index is 0.0680. The van der Waals surface area contributed by atoms with Crippen LogP contribution >= 0.6 is 0 Å². The van der Waals surface area contributed by atoms with Gasteiger partial charge in [-0.25, -0.2) is 15.3 Å². The van der Waals surface area contributed by atoms with E-state index in [1.54, 1.807) is 48.5 Å². The van der Waals surface area contributed by atoms with Gasteiger partial charge in [-0.05, 0) is 23.8 Å². The second-order valence-electron chi connectivity index (χ2n) is 5.26. The van der Waals surface area contributed by atoms with Gasteiger partial charge in [0.1, 0.15) is 0 Å². The van der Waals surface area contributed by atoms with Gasteiger partial charge in [0, 0.05) is 5.39 Å². The Hall–Kier alpha value is -3.81. The fourth-order valence-corrected chi connectivity index (χ4v) is 2.33. The first kappa shape index (κ1) is 17.0. The van der Waals surface area contributed by atoms with Gasteiger partial charge in [0.15, 0.2) is 5.69 Å². The molecule has 0 aliphatic carbocycles. The van der Waals surface area contributed by atoms with Crippen molar-refractivity contribution >= 4 is 28.9 Å². The van der Waals surface area contributed by atoms with Gasteiger partial charge in [-0.2, -0.15) is 10.2 Å². The van der Waals surface area contributed by atoms with E-state index >= 15 is 0 Å². The standard InChI is InChI=1S/C18H14N4O4/c1-26-18(25)12-8-6-11(7-9-12)10-19-21-17(24)15-13-4-2-3-5-14(13)16(23)22-20-15/h2-10H,1H3,(H,21,24)(H,22,23)/b19-10+. The van der Waals surface area contributed by atoms with Gasteiger partial charge >= 0.3 is 5.97 Å². The van der Waals surface area contributed by atoms with E-state index in [1.165, 1.54) is 13.3 Å². The average Bonchev–Trinajstić information content (AvgIpc) is 2.68. The number of esters is 1. The summed E-state index contributed by atoms with van der Waals surface area (Å²) in [5.41, 5.74) is 3.15. The maximum absolute atomic E-state index is 12.3. The number of hydrogen-bond donors (Lipinski definition) is 2. The fraction of sp³-hybridized carbons (Fsp3) is 0.0556. The molecule has 130 valence electrons. The van der Waals surface area contributed by atoms with Crippen LogP contribution in [0, 0.1) is 0 Å². The van der Waals surface area contributed by atoms with E-state index in [1.807, 2.05) is 0 Å². The van der Waals surface area contributed by atoms with Crippen LogP contribution in [0.25, 0.3) is 10.8 Å². The van der Waals surface area contributed by atoms with E-state index in [2.05, 4.69) is 25.5 Å². The molecule has 0 unspecified atom stereocenters. The molecule has 0 fully saturated rings. The number of hydrazone groups is 1. The number of carbonyl (C=O) groups excluding carboxylic acids is 2. The number of carbonyl (C=O) groups is 2. The highest BCUT2D eigenvalue weighted by molar-refractivity contribution is 6.04. The van der Waals surface area contributed by atoms with Crippen LogP contribution in [0.2, 0.25) is 0 Å². The largest absolute Gasteiger partial charge is 0.465 e. The molecule has 0 aliphatic rings. The highest BCUT2D eigenvalue weighted by atomic mass is 16.5. The zero-order chi connectivity index (χ0) is 18.5. The number of methoxy groups -OCH3 is 1. The third-order valence-electron chi connectivity index (χ3n) is 3.62. The second kappa shape index (κ2) is 7.39. The molecule has 1 amide bonds. The molecule has 8 heteroatoms. The van der Waals surface area contributed by atoms with Crippen molar-refractivity contribution in [2.75, 3.05) is 7.11 Å². The number of ether oxygens (including phenoxy) is 1. The summed E-state index contributed by atoms with van der Waals surface area (Å²) >= 11 is 0. The fourth-order valence-electron chi connectivity index (χ4n) is 2.33. The smallest absolute Gasteiger partial charge is 0.337 e. The summed E-state index contributed by atoms with van der Waals surface area (Å²) in [6.07, 6.45) is 1.42. The molecule has 0 spiro atoms. The number of hydrogen-bond acceptors (Lipinski definition) is 6. The number of fused-ring (bicyclic) bond motifs is 1. The van der Waals surface area contributed by atoms with Gasteiger partial charge in [0.05, 0.1) is 24.3 Å². The van der Waals surface area contributed by atoms with Crippen molar-refractivity contribution in [3.8, 4) is 0 Å². The monoisotopic (exact) mass is 350 g/mol. The van der Waals surface area contributed by atoms with E-state index in [4.69, 9.17) is 0 Å². The minimum atomic E-state index is -0.556. The Balaban J connectivity index is 1.75. The van der Waals surface area contributed by atoms with Crippen LogP contribution in [-0.2, 0) is 4.74 Å². The molecule has 3 rings (SSSR count). The van der Waals surface area contributed by atoms with Gasteiger partial charge in [-0.1, -0.05) is 30.3 Å². The first-order valence-electron chi connectivity index (χ1n) is 7.59. The maximum atomic E-state index is 12.3. The molecule has 2 aromatic carbocycles. The van der Waals surface area contributed by atoms with Crippen molar-refractivity contribution in [1.82, 2.24) is 15.6 Å². The minimum Gasteiger partial charge on any atom is -0.465 e. The van der Waals surface area contributed by atoms with Crippen LogP contribution in [0.15, 0.2) is 58.4 Å². The number of rotatable bonds is 4. The number of amides is 1. The quantitative estimate of drug-likeness (QED) is 0.420. The molecule has 0 radical (unpaired) electrons. The summed E-state index contributed by atoms with van der Waals surface area (Å²) in [7, 11) is 1.31. The highest BCUT2D eigenvalue weighted by Crippen LogP contribution is 2.12. The first-order valence-corrected chi connectivity index (χ1v) is 7.59. The van der Waals surface area contributed by atoms with Gasteiger partial charge in [-0.3, -0.25) is 9.59 Å². The Morgan fingerprint density at radius 1 is 1.12 bits per heavy atom. The van der Waals surface area contributed by atoms with E-state index in [9.17, 15) is 14.4 Å². The molecule has 0 atom stereocenters. The van der Waals surface area contributed by atoms with Gasteiger partial charge < -0.3 is 4.74 Å². The van der Waals surface area contributed by atoms with Crippen molar-refractivity contribution in [2.24, 2.45) is 5.10 Å². The van der Waals surface area contributed by atoms with Crippen LogP contribution in [0.5, 0.6) is 0 Å². The van der Waals surface area contributed by atoms with Crippen LogP contribution in [0.3, 0.4) is 0 Å². The summed E-state index contributed by atoms with van der Waals surface area (Å²) in [6, 6.07) is 13.2. The molecular formula is C18H14N4O4. The van der Waals surface area contributed by atoms with E-state index in [-0.39, 0.29) is 11.3 Å². The molecule has 8 nitrogen and oxygen atoms in total. The molecule has 0 bridgehead atoms. The van der Waals surface area contributed by atoms with Crippen LogP contribution in [0.4, 0.5) is 0 Å². The lowest BCUT2D eigenvalue weighted by atomic mass is 10.1. The molecule has 26 heavy (non-hydrogen) atoms. The lowest BCUT2D eigenvalue weighted by molar-refractivity contribution is 0.0600. The summed E-state index contributed by atoms with van der Waals surface area (Å²) in [4.78, 5) is 35.4. The van der Waals surface area contributed by atoms with Crippen molar-refractivity contribution in [3.63, 3.8) is 0 Å². The Morgan fingerprint density at radius 2 is 1.81 bits per heavy atom. The lowest BCUT2D eigenvalue weighted by Gasteiger charge is -2.03. The number of aromatic nitrogens is 2. The van der Waals surface area contributed by atoms with Gasteiger partial charge in [0.2, 0.25) is 0 Å². The summed E-state index contributed by atoms with van der Waals surface area (Å²) in [5.74, 6) is -0.988. The normalized spacial score (nSPS) is 10.8. The number of benzene rings is 2. The molecule has 0 aliphatic heterocycles. The topological polar surface area (TPSA) is 114 Å². The van der Waals surface area contributed by atoms with Crippen LogP contribution in [0.1, 0.15) is 26.4 Å². The number of H-pyrrole nitrogens is 1. The zero-order valence-electron chi connectivity index (χ0n) is 13.7. The average molecular weight is 350 g/mol. The summed E-state index contributed by atoms with van der Waals surface area (Å²) in [5, 5.41) is 10.8. The van der Waals surface area contributed by atoms with E-state index in [0.717, 1.165) is 0 Å². The summed E-state index contributed by atoms with van der Waals surface area (Å²) < 4.78 is 4.62. The van der Waals surface area contributed by atoms with Crippen molar-refractivity contribution < 1.29 is 14.3 Å². The SMILES string of the molecule is COC(=O)c1ccc(/C=N/NC(=O)c2n[nH]c(=O)c3ccccc23)cc1. The zero-order valence-corrected chi connectivity index (χ0v) is 13.7. The van der Waals surface area contributed by atoms with Crippen LogP contribution < -0.4 is 11.0 Å². The van der Waals surface area contributed by atoms with E-state index < -0.39 is 11.9 Å². The molecule has 0 saturated heterocycles. The molecule has 2 N–H and O–H groups in total. The lowest BCUT2D eigenvalue weighted by Crippen LogP contribution is -2.22. The third-order valence-corrected chi connectivity index (χ3v) is 3.62. The van der Waals surface area contributed by atoms with Crippen molar-refractivity contribution in [3.05, 3.63) is 75.7 Å². The molecule has 3 aromatic rings. The van der Waals surface area contributed by atoms with Gasteiger partial charge in [-0.15, -0.1) is 0 Å². The first-order chi connectivity index (χ1) is 12.6. The predicted molar refractivity (Wildman–Crippen MR) is 95.2 cm³/mol. The predicted octanol–water partition coefficient (Wildman–Crippen LogP) is 1.47. The van der Waals surface area contributed by atoms with Gasteiger partial charge in [0.25, 0.3) is 11.5 Å². The molecule has 1 aromatic heterocycles. The highest BCUT2D eigenvalue weighted by Gasteiger charge is 2.13. The van der Waals surface area contributed by atoms with Crippen LogP contribution in [-0.4, -0.2) is 35.4 Å². The summed E-state index contributed by atoms with van der Waals surface area (Å²) in [6.45, 7) is 0. The third kappa shape index (κ3) is 3.48. The Morgan fingerprint density at radius 3 is 2.50 bits per heavy atom. The number of nitrogens with zero attached hydrogens (tertiary/aromatic N) is 2. The van der Waals surface area contributed by atoms with Crippen molar-refractivity contribution in [2.45, 2.75) is 0 Å². The second-order valence-corrected chi connectivity index (χ2v) is 5.26. The Kier molecular flexibility index (Phi) is 4.84.